The van der Waals surface area contributed by atoms with Crippen LogP contribution in [0, 0.1) is 12.7 Å². The molecule has 0 fully saturated rings. The highest BCUT2D eigenvalue weighted by molar-refractivity contribution is 7.20. The normalized spacial score (nSPS) is 11.1. The SMILES string of the molecule is Cc1nn(Cc2ccc(F)cc2)c2sc(C(=O)Nc3ncn[nH]3)cc12. The van der Waals surface area contributed by atoms with Gasteiger partial charge in [-0.3, -0.25) is 14.8 Å². The number of halogens is 1. The number of thiophene rings is 1. The fourth-order valence-corrected chi connectivity index (χ4v) is 3.59. The van der Waals surface area contributed by atoms with Crippen molar-refractivity contribution >= 4 is 33.4 Å². The van der Waals surface area contributed by atoms with Crippen molar-refractivity contribution in [2.24, 2.45) is 0 Å². The molecule has 0 unspecified atom stereocenters. The Morgan fingerprint density at radius 1 is 1.36 bits per heavy atom. The Hall–Kier alpha value is -3.07. The molecule has 0 radical (unpaired) electrons. The maximum Gasteiger partial charge on any atom is 0.268 e. The van der Waals surface area contributed by atoms with E-state index in [1.165, 1.54) is 29.8 Å². The summed E-state index contributed by atoms with van der Waals surface area (Å²) >= 11 is 1.35. The molecule has 4 rings (SSSR count). The molecule has 126 valence electrons. The second kappa shape index (κ2) is 6.10. The summed E-state index contributed by atoms with van der Waals surface area (Å²) in [5, 5.41) is 14.4. The van der Waals surface area contributed by atoms with Crippen LogP contribution >= 0.6 is 11.3 Å². The van der Waals surface area contributed by atoms with E-state index >= 15 is 0 Å². The second-order valence-corrected chi connectivity index (χ2v) is 6.52. The number of rotatable bonds is 4. The third kappa shape index (κ3) is 3.01. The first-order valence-corrected chi connectivity index (χ1v) is 8.30. The van der Waals surface area contributed by atoms with Gasteiger partial charge >= 0.3 is 0 Å². The molecule has 3 aromatic heterocycles. The molecule has 7 nitrogen and oxygen atoms in total. The number of aryl methyl sites for hydroxylation is 1. The largest absolute Gasteiger partial charge is 0.290 e. The molecule has 1 amide bonds. The molecule has 0 bridgehead atoms. The summed E-state index contributed by atoms with van der Waals surface area (Å²) in [7, 11) is 0. The van der Waals surface area contributed by atoms with Gasteiger partial charge in [-0.1, -0.05) is 12.1 Å². The van der Waals surface area contributed by atoms with Crippen LogP contribution in [0.1, 0.15) is 20.9 Å². The number of aromatic amines is 1. The van der Waals surface area contributed by atoms with Crippen molar-refractivity contribution in [3.05, 3.63) is 58.6 Å². The summed E-state index contributed by atoms with van der Waals surface area (Å²) < 4.78 is 14.9. The van der Waals surface area contributed by atoms with Crippen LogP contribution in [0.15, 0.2) is 36.7 Å². The smallest absolute Gasteiger partial charge is 0.268 e. The number of hydrogen-bond acceptors (Lipinski definition) is 5. The summed E-state index contributed by atoms with van der Waals surface area (Å²) in [6.45, 7) is 2.41. The van der Waals surface area contributed by atoms with Crippen LogP contribution < -0.4 is 5.32 Å². The van der Waals surface area contributed by atoms with Crippen molar-refractivity contribution in [3.8, 4) is 0 Å². The van der Waals surface area contributed by atoms with E-state index in [0.717, 1.165) is 21.5 Å². The number of benzene rings is 1. The van der Waals surface area contributed by atoms with Gasteiger partial charge in [0.2, 0.25) is 5.95 Å². The van der Waals surface area contributed by atoms with Gasteiger partial charge in [-0.15, -0.1) is 11.3 Å². The van der Waals surface area contributed by atoms with Crippen molar-refractivity contribution < 1.29 is 9.18 Å². The lowest BCUT2D eigenvalue weighted by Crippen LogP contribution is -2.11. The number of hydrogen-bond donors (Lipinski definition) is 2. The van der Waals surface area contributed by atoms with Gasteiger partial charge in [0, 0.05) is 5.39 Å². The second-order valence-electron chi connectivity index (χ2n) is 5.49. The number of amides is 1. The minimum Gasteiger partial charge on any atom is -0.290 e. The van der Waals surface area contributed by atoms with E-state index < -0.39 is 0 Å². The molecule has 0 aliphatic rings. The zero-order chi connectivity index (χ0) is 17.4. The molecule has 2 N–H and O–H groups in total. The number of nitrogens with zero attached hydrogens (tertiary/aromatic N) is 4. The topological polar surface area (TPSA) is 88.5 Å². The zero-order valence-electron chi connectivity index (χ0n) is 13.2. The van der Waals surface area contributed by atoms with Gasteiger partial charge in [0.05, 0.1) is 17.1 Å². The first-order chi connectivity index (χ1) is 12.1. The van der Waals surface area contributed by atoms with Gasteiger partial charge in [-0.05, 0) is 30.7 Å². The summed E-state index contributed by atoms with van der Waals surface area (Å²) in [5.74, 6) is -0.231. The van der Waals surface area contributed by atoms with Crippen molar-refractivity contribution in [1.29, 1.82) is 0 Å². The molecular weight excluding hydrogens is 343 g/mol. The number of aromatic nitrogens is 5. The van der Waals surface area contributed by atoms with E-state index in [0.29, 0.717) is 17.4 Å². The molecule has 4 aromatic rings. The molecule has 1 aromatic carbocycles. The van der Waals surface area contributed by atoms with Gasteiger partial charge in [0.1, 0.15) is 17.0 Å². The standard InChI is InChI=1S/C16H13FN6OS/c1-9-12-6-13(14(24)20-16-18-8-19-21-16)25-15(12)23(22-9)7-10-2-4-11(17)5-3-10/h2-6,8H,7H2,1H3,(H2,18,19,20,21,24). The molecule has 25 heavy (non-hydrogen) atoms. The Kier molecular flexibility index (Phi) is 3.77. The van der Waals surface area contributed by atoms with Crippen LogP contribution in [-0.2, 0) is 6.54 Å². The number of anilines is 1. The minimum absolute atomic E-state index is 0.259. The Labute approximate surface area is 145 Å². The number of carbonyl (C=O) groups excluding carboxylic acids is 1. The third-order valence-electron chi connectivity index (χ3n) is 3.72. The van der Waals surface area contributed by atoms with Crippen LogP contribution in [0.3, 0.4) is 0 Å². The average Bonchev–Trinajstić information content (AvgIpc) is 3.29. The Morgan fingerprint density at radius 2 is 2.16 bits per heavy atom. The van der Waals surface area contributed by atoms with E-state index in [4.69, 9.17) is 0 Å². The quantitative estimate of drug-likeness (QED) is 0.588. The minimum atomic E-state index is -0.270. The van der Waals surface area contributed by atoms with Crippen LogP contribution in [0.5, 0.6) is 0 Å². The van der Waals surface area contributed by atoms with Crippen molar-refractivity contribution in [1.82, 2.24) is 25.0 Å². The fraction of sp³-hybridized carbons (Fsp3) is 0.125. The average molecular weight is 356 g/mol. The van der Waals surface area contributed by atoms with Crippen molar-refractivity contribution in [2.45, 2.75) is 13.5 Å². The molecule has 0 saturated carbocycles. The summed E-state index contributed by atoms with van der Waals surface area (Å²) in [5.41, 5.74) is 1.78. The fourth-order valence-electron chi connectivity index (χ4n) is 2.53. The van der Waals surface area contributed by atoms with Crippen LogP contribution in [-0.4, -0.2) is 30.9 Å². The number of nitrogens with one attached hydrogen (secondary N) is 2. The molecule has 0 saturated heterocycles. The number of H-pyrrole nitrogens is 1. The predicted octanol–water partition coefficient (Wildman–Crippen LogP) is 2.96. The summed E-state index contributed by atoms with van der Waals surface area (Å²) in [6.07, 6.45) is 1.32. The van der Waals surface area contributed by atoms with E-state index in [1.807, 2.05) is 17.7 Å². The Bertz CT molecular complexity index is 1030. The number of carbonyl (C=O) groups is 1. The van der Waals surface area contributed by atoms with E-state index in [2.05, 4.69) is 25.6 Å². The lowest BCUT2D eigenvalue weighted by atomic mass is 10.2. The Balaban J connectivity index is 1.64. The van der Waals surface area contributed by atoms with Crippen LogP contribution in [0.2, 0.25) is 0 Å². The number of fused-ring (bicyclic) bond motifs is 1. The zero-order valence-corrected chi connectivity index (χ0v) is 14.0. The maximum atomic E-state index is 13.1. The molecule has 0 atom stereocenters. The van der Waals surface area contributed by atoms with Gasteiger partial charge < -0.3 is 0 Å². The van der Waals surface area contributed by atoms with E-state index in [9.17, 15) is 9.18 Å². The van der Waals surface area contributed by atoms with E-state index in [1.54, 1.807) is 12.1 Å². The summed E-state index contributed by atoms with van der Waals surface area (Å²) in [4.78, 5) is 17.7. The van der Waals surface area contributed by atoms with Crippen LogP contribution in [0.4, 0.5) is 10.3 Å². The highest BCUT2D eigenvalue weighted by Gasteiger charge is 2.17. The van der Waals surface area contributed by atoms with Crippen LogP contribution in [0.25, 0.3) is 10.2 Å². The highest BCUT2D eigenvalue weighted by atomic mass is 32.1. The van der Waals surface area contributed by atoms with E-state index in [-0.39, 0.29) is 11.7 Å². The van der Waals surface area contributed by atoms with Crippen molar-refractivity contribution in [2.75, 3.05) is 5.32 Å². The van der Waals surface area contributed by atoms with Gasteiger partial charge in [0.25, 0.3) is 5.91 Å². The predicted molar refractivity (Wildman–Crippen MR) is 92.2 cm³/mol. The highest BCUT2D eigenvalue weighted by Crippen LogP contribution is 2.29. The molecule has 9 heteroatoms. The van der Waals surface area contributed by atoms with Gasteiger partial charge in [-0.2, -0.15) is 15.2 Å². The Morgan fingerprint density at radius 3 is 2.88 bits per heavy atom. The maximum absolute atomic E-state index is 13.1. The van der Waals surface area contributed by atoms with Gasteiger partial charge in [0.15, 0.2) is 0 Å². The van der Waals surface area contributed by atoms with Gasteiger partial charge in [-0.25, -0.2) is 9.49 Å². The van der Waals surface area contributed by atoms with Crippen molar-refractivity contribution in [3.63, 3.8) is 0 Å². The molecule has 0 aliphatic carbocycles. The third-order valence-corrected chi connectivity index (χ3v) is 4.87. The monoisotopic (exact) mass is 356 g/mol. The first kappa shape index (κ1) is 15.5. The molecular formula is C16H13FN6OS. The summed E-state index contributed by atoms with van der Waals surface area (Å²) in [6, 6.07) is 8.11. The molecule has 0 aliphatic heterocycles. The molecule has 3 heterocycles. The molecule has 0 spiro atoms. The lowest BCUT2D eigenvalue weighted by Gasteiger charge is -2.03. The lowest BCUT2D eigenvalue weighted by molar-refractivity contribution is 0.103. The first-order valence-electron chi connectivity index (χ1n) is 7.48.